The van der Waals surface area contributed by atoms with Crippen LogP contribution in [-0.4, -0.2) is 48.3 Å². The number of hydrogen-bond acceptors (Lipinski definition) is 3. The number of methoxy groups -OCH3 is 1. The standard InChI is InChI=1S/C10H21NO3/c1-6-9(10(12)13)11(4)7(2)8(3)14-5/h7-9H,6H2,1-5H3,(H,12,13). The molecule has 0 bridgehead atoms. The smallest absolute Gasteiger partial charge is 0.320 e. The van der Waals surface area contributed by atoms with E-state index in [1.165, 1.54) is 0 Å². The van der Waals surface area contributed by atoms with Gasteiger partial charge in [0.05, 0.1) is 6.10 Å². The van der Waals surface area contributed by atoms with Gasteiger partial charge in [0.1, 0.15) is 6.04 Å². The Labute approximate surface area is 85.9 Å². The lowest BCUT2D eigenvalue weighted by atomic mass is 10.1. The second kappa shape index (κ2) is 5.98. The summed E-state index contributed by atoms with van der Waals surface area (Å²) in [6.45, 7) is 5.79. The summed E-state index contributed by atoms with van der Waals surface area (Å²) in [5, 5.41) is 8.96. The van der Waals surface area contributed by atoms with Crippen LogP contribution in [0.1, 0.15) is 27.2 Å². The summed E-state index contributed by atoms with van der Waals surface area (Å²) in [5.74, 6) is -0.773. The summed E-state index contributed by atoms with van der Waals surface area (Å²) >= 11 is 0. The minimum absolute atomic E-state index is 0.0356. The van der Waals surface area contributed by atoms with Gasteiger partial charge < -0.3 is 9.84 Å². The molecule has 0 aromatic rings. The highest BCUT2D eigenvalue weighted by molar-refractivity contribution is 5.73. The molecule has 84 valence electrons. The molecule has 4 heteroatoms. The van der Waals surface area contributed by atoms with Crippen LogP contribution in [0.4, 0.5) is 0 Å². The zero-order valence-corrected chi connectivity index (χ0v) is 9.65. The summed E-state index contributed by atoms with van der Waals surface area (Å²) in [4.78, 5) is 12.7. The summed E-state index contributed by atoms with van der Waals surface area (Å²) in [7, 11) is 3.46. The Kier molecular flexibility index (Phi) is 5.72. The van der Waals surface area contributed by atoms with E-state index in [0.717, 1.165) is 0 Å². The molecule has 0 aromatic heterocycles. The Balaban J connectivity index is 4.41. The van der Waals surface area contributed by atoms with E-state index in [1.54, 1.807) is 7.11 Å². The minimum Gasteiger partial charge on any atom is -0.480 e. The zero-order valence-electron chi connectivity index (χ0n) is 9.65. The van der Waals surface area contributed by atoms with Gasteiger partial charge in [-0.1, -0.05) is 6.92 Å². The minimum atomic E-state index is -0.773. The van der Waals surface area contributed by atoms with Crippen LogP contribution in [-0.2, 0) is 9.53 Å². The van der Waals surface area contributed by atoms with E-state index in [9.17, 15) is 4.79 Å². The number of aliphatic carboxylic acids is 1. The van der Waals surface area contributed by atoms with Crippen molar-refractivity contribution in [2.24, 2.45) is 0 Å². The van der Waals surface area contributed by atoms with E-state index in [2.05, 4.69) is 0 Å². The second-order valence-corrected chi connectivity index (χ2v) is 3.61. The number of nitrogens with zero attached hydrogens (tertiary/aromatic N) is 1. The molecule has 3 atom stereocenters. The fourth-order valence-electron chi connectivity index (χ4n) is 1.45. The van der Waals surface area contributed by atoms with Crippen LogP contribution in [0.3, 0.4) is 0 Å². The molecule has 0 amide bonds. The Morgan fingerprint density at radius 2 is 2.00 bits per heavy atom. The van der Waals surface area contributed by atoms with Crippen LogP contribution < -0.4 is 0 Å². The molecule has 1 N–H and O–H groups in total. The topological polar surface area (TPSA) is 49.8 Å². The number of carboxylic acids is 1. The molecule has 0 aliphatic rings. The summed E-state index contributed by atoms with van der Waals surface area (Å²) < 4.78 is 5.17. The first-order valence-corrected chi connectivity index (χ1v) is 4.93. The van der Waals surface area contributed by atoms with Gasteiger partial charge in [-0.3, -0.25) is 9.69 Å². The SMILES string of the molecule is CCC(C(=O)O)N(C)C(C)C(C)OC. The average molecular weight is 203 g/mol. The van der Waals surface area contributed by atoms with Gasteiger partial charge in [0, 0.05) is 13.2 Å². The van der Waals surface area contributed by atoms with Gasteiger partial charge in [-0.05, 0) is 27.3 Å². The second-order valence-electron chi connectivity index (χ2n) is 3.61. The van der Waals surface area contributed by atoms with Crippen molar-refractivity contribution in [2.45, 2.75) is 45.4 Å². The lowest BCUT2D eigenvalue weighted by Gasteiger charge is -2.32. The number of ether oxygens (including phenoxy) is 1. The van der Waals surface area contributed by atoms with E-state index in [-0.39, 0.29) is 12.1 Å². The average Bonchev–Trinajstić information content (AvgIpc) is 2.15. The first-order valence-electron chi connectivity index (χ1n) is 4.93. The number of likely N-dealkylation sites (N-methyl/N-ethyl adjacent to an activating group) is 1. The largest absolute Gasteiger partial charge is 0.480 e. The Morgan fingerprint density at radius 3 is 2.29 bits per heavy atom. The van der Waals surface area contributed by atoms with Crippen LogP contribution >= 0.6 is 0 Å². The van der Waals surface area contributed by atoms with Gasteiger partial charge in [0.2, 0.25) is 0 Å². The summed E-state index contributed by atoms with van der Waals surface area (Å²) in [6.07, 6.45) is 0.639. The molecule has 0 aliphatic carbocycles. The lowest BCUT2D eigenvalue weighted by molar-refractivity contribution is -0.144. The predicted molar refractivity (Wildman–Crippen MR) is 55.4 cm³/mol. The summed E-state index contributed by atoms with van der Waals surface area (Å²) in [6, 6.07) is -0.330. The van der Waals surface area contributed by atoms with E-state index in [4.69, 9.17) is 9.84 Å². The molecule has 4 nitrogen and oxygen atoms in total. The van der Waals surface area contributed by atoms with Crippen molar-refractivity contribution in [3.8, 4) is 0 Å². The number of rotatable bonds is 6. The van der Waals surface area contributed by atoms with Gasteiger partial charge >= 0.3 is 5.97 Å². The van der Waals surface area contributed by atoms with E-state index in [1.807, 2.05) is 32.7 Å². The van der Waals surface area contributed by atoms with E-state index >= 15 is 0 Å². The monoisotopic (exact) mass is 203 g/mol. The Hall–Kier alpha value is -0.610. The number of carboxylic acid groups (broad SMARTS) is 1. The molecule has 0 spiro atoms. The quantitative estimate of drug-likeness (QED) is 0.705. The molecule has 0 radical (unpaired) electrons. The molecule has 0 aliphatic heterocycles. The third kappa shape index (κ3) is 3.27. The normalized spacial score (nSPS) is 17.9. The predicted octanol–water partition coefficient (Wildman–Crippen LogP) is 1.20. The zero-order chi connectivity index (χ0) is 11.3. The molecule has 0 heterocycles. The van der Waals surface area contributed by atoms with Crippen molar-refractivity contribution in [1.82, 2.24) is 4.90 Å². The first-order chi connectivity index (χ1) is 6.45. The molecular weight excluding hydrogens is 182 g/mol. The fourth-order valence-corrected chi connectivity index (χ4v) is 1.45. The molecular formula is C10H21NO3. The highest BCUT2D eigenvalue weighted by Gasteiger charge is 2.27. The van der Waals surface area contributed by atoms with Crippen LogP contribution in [0.15, 0.2) is 0 Å². The van der Waals surface area contributed by atoms with Crippen molar-refractivity contribution in [3.63, 3.8) is 0 Å². The van der Waals surface area contributed by atoms with Crippen molar-refractivity contribution >= 4 is 5.97 Å². The van der Waals surface area contributed by atoms with Gasteiger partial charge in [-0.25, -0.2) is 0 Å². The van der Waals surface area contributed by atoms with Gasteiger partial charge in [0.25, 0.3) is 0 Å². The molecule has 0 saturated carbocycles. The molecule has 14 heavy (non-hydrogen) atoms. The van der Waals surface area contributed by atoms with Gasteiger partial charge in [0.15, 0.2) is 0 Å². The highest BCUT2D eigenvalue weighted by Crippen LogP contribution is 2.11. The third-order valence-corrected chi connectivity index (χ3v) is 2.86. The van der Waals surface area contributed by atoms with Crippen molar-refractivity contribution in [2.75, 3.05) is 14.2 Å². The van der Waals surface area contributed by atoms with Gasteiger partial charge in [-0.15, -0.1) is 0 Å². The van der Waals surface area contributed by atoms with Crippen molar-refractivity contribution in [3.05, 3.63) is 0 Å². The van der Waals surface area contributed by atoms with Crippen LogP contribution in [0.2, 0.25) is 0 Å². The molecule has 0 aromatic carbocycles. The fraction of sp³-hybridized carbons (Fsp3) is 0.900. The third-order valence-electron chi connectivity index (χ3n) is 2.86. The van der Waals surface area contributed by atoms with Crippen molar-refractivity contribution < 1.29 is 14.6 Å². The maximum absolute atomic E-state index is 10.9. The van der Waals surface area contributed by atoms with Crippen molar-refractivity contribution in [1.29, 1.82) is 0 Å². The van der Waals surface area contributed by atoms with Gasteiger partial charge in [-0.2, -0.15) is 0 Å². The summed E-state index contributed by atoms with van der Waals surface area (Å²) in [5.41, 5.74) is 0. The Bertz CT molecular complexity index is 184. The maximum Gasteiger partial charge on any atom is 0.320 e. The Morgan fingerprint density at radius 1 is 1.50 bits per heavy atom. The van der Waals surface area contributed by atoms with Crippen LogP contribution in [0, 0.1) is 0 Å². The number of hydrogen-bond donors (Lipinski definition) is 1. The molecule has 3 unspecified atom stereocenters. The van der Waals surface area contributed by atoms with Crippen LogP contribution in [0.5, 0.6) is 0 Å². The lowest BCUT2D eigenvalue weighted by Crippen LogP contribution is -2.47. The maximum atomic E-state index is 10.9. The van der Waals surface area contributed by atoms with Crippen LogP contribution in [0.25, 0.3) is 0 Å². The highest BCUT2D eigenvalue weighted by atomic mass is 16.5. The molecule has 0 saturated heterocycles. The van der Waals surface area contributed by atoms with E-state index < -0.39 is 12.0 Å². The first kappa shape index (κ1) is 13.4. The molecule has 0 fully saturated rings. The number of carbonyl (C=O) groups is 1. The van der Waals surface area contributed by atoms with E-state index in [0.29, 0.717) is 6.42 Å². The molecule has 0 rings (SSSR count).